The molecule has 1 N–H and O–H groups in total. The molecule has 9 heteroatoms. The Hall–Kier alpha value is -4.66. The first-order valence-corrected chi connectivity index (χ1v) is 13.6. The fraction of sp³-hybridized carbons (Fsp3) is 0.312. The van der Waals surface area contributed by atoms with E-state index >= 15 is 0 Å². The van der Waals surface area contributed by atoms with Crippen LogP contribution in [0.25, 0.3) is 0 Å². The maximum Gasteiger partial charge on any atom is 0.338 e. The summed E-state index contributed by atoms with van der Waals surface area (Å²) in [6.45, 7) is -0.515. The van der Waals surface area contributed by atoms with Gasteiger partial charge in [-0.2, -0.15) is 0 Å². The number of hydrogen-bond acceptors (Lipinski definition) is 7. The predicted octanol–water partition coefficient (Wildman–Crippen LogP) is 4.43. The van der Waals surface area contributed by atoms with Gasteiger partial charge in [0.2, 0.25) is 11.8 Å². The molecule has 2 saturated carbocycles. The van der Waals surface area contributed by atoms with Crippen LogP contribution in [0.2, 0.25) is 0 Å². The Morgan fingerprint density at radius 3 is 2.32 bits per heavy atom. The minimum absolute atomic E-state index is 0.154. The van der Waals surface area contributed by atoms with Crippen molar-refractivity contribution < 1.29 is 33.4 Å². The van der Waals surface area contributed by atoms with Crippen LogP contribution in [-0.2, 0) is 19.1 Å². The molecule has 0 unspecified atom stereocenters. The summed E-state index contributed by atoms with van der Waals surface area (Å²) in [6.07, 6.45) is 1.83. The number of methoxy groups -OCH3 is 2. The Labute approximate surface area is 237 Å². The van der Waals surface area contributed by atoms with Crippen LogP contribution in [0.4, 0.5) is 11.4 Å². The zero-order chi connectivity index (χ0) is 28.7. The number of carbonyl (C=O) groups is 4. The Balaban J connectivity index is 1.09. The fourth-order valence-electron chi connectivity index (χ4n) is 6.86. The third-order valence-electron chi connectivity index (χ3n) is 8.62. The second-order valence-electron chi connectivity index (χ2n) is 10.7. The Morgan fingerprint density at radius 1 is 0.878 bits per heavy atom. The Morgan fingerprint density at radius 2 is 1.61 bits per heavy atom. The second kappa shape index (κ2) is 10.7. The minimum Gasteiger partial charge on any atom is -0.497 e. The van der Waals surface area contributed by atoms with Crippen molar-refractivity contribution >= 4 is 35.1 Å². The predicted molar refractivity (Wildman–Crippen MR) is 150 cm³/mol. The van der Waals surface area contributed by atoms with E-state index in [4.69, 9.17) is 14.2 Å². The molecular weight excluding hydrogens is 524 g/mol. The van der Waals surface area contributed by atoms with Gasteiger partial charge in [0.25, 0.3) is 5.91 Å². The molecule has 0 radical (unpaired) electrons. The molecule has 9 nitrogen and oxygen atoms in total. The zero-order valence-corrected chi connectivity index (χ0v) is 22.7. The molecule has 3 aromatic rings. The van der Waals surface area contributed by atoms with E-state index < -0.39 is 18.5 Å². The molecular formula is C32H30N2O7. The molecule has 3 fully saturated rings. The molecule has 5 atom stereocenters. The van der Waals surface area contributed by atoms with Crippen LogP contribution in [0.1, 0.15) is 34.7 Å². The number of fused-ring (bicyclic) bond motifs is 5. The summed E-state index contributed by atoms with van der Waals surface area (Å²) in [4.78, 5) is 53.3. The average molecular weight is 555 g/mol. The summed E-state index contributed by atoms with van der Waals surface area (Å²) < 4.78 is 15.6. The first-order chi connectivity index (χ1) is 19.9. The van der Waals surface area contributed by atoms with Crippen LogP contribution in [0, 0.1) is 23.7 Å². The maximum absolute atomic E-state index is 13.5. The number of anilines is 2. The van der Waals surface area contributed by atoms with Gasteiger partial charge in [0.15, 0.2) is 6.61 Å². The smallest absolute Gasteiger partial charge is 0.338 e. The minimum atomic E-state index is -0.705. The van der Waals surface area contributed by atoms with Crippen molar-refractivity contribution in [1.29, 1.82) is 0 Å². The molecule has 41 heavy (non-hydrogen) atoms. The van der Waals surface area contributed by atoms with Crippen LogP contribution in [0.5, 0.6) is 11.5 Å². The largest absolute Gasteiger partial charge is 0.497 e. The standard InChI is InChI=1S/C32H30N2O7/c1-39-22-12-13-26(40-2)25(16-22)33-27(35)17-41-32(38)19-8-10-21(11-9-19)34-30(36)28-20-14-23(18-6-4-3-5-7-18)24(15-20)29(28)31(34)37/h3-13,16,20,23-24,28-29H,14-15,17H2,1-2H3,(H,33,35)/t20-,23+,24+,28+,29+/m0/s1. The summed E-state index contributed by atoms with van der Waals surface area (Å²) >= 11 is 0. The molecule has 0 spiro atoms. The van der Waals surface area contributed by atoms with Gasteiger partial charge in [0.1, 0.15) is 11.5 Å². The highest BCUT2D eigenvalue weighted by Gasteiger charge is 2.64. The summed E-state index contributed by atoms with van der Waals surface area (Å²) in [6, 6.07) is 21.3. The summed E-state index contributed by atoms with van der Waals surface area (Å²) in [5.74, 6) is -0.545. The topological polar surface area (TPSA) is 111 Å². The lowest BCUT2D eigenvalue weighted by Crippen LogP contribution is -2.33. The molecule has 6 rings (SSSR count). The van der Waals surface area contributed by atoms with Crippen LogP contribution >= 0.6 is 0 Å². The normalized spacial score (nSPS) is 24.2. The third kappa shape index (κ3) is 4.71. The average Bonchev–Trinajstić information content (AvgIpc) is 3.67. The quantitative estimate of drug-likeness (QED) is 0.324. The Kier molecular flexibility index (Phi) is 6.95. The van der Waals surface area contributed by atoms with E-state index in [9.17, 15) is 19.2 Å². The van der Waals surface area contributed by atoms with Gasteiger partial charge in [0, 0.05) is 6.07 Å². The first kappa shape index (κ1) is 26.6. The van der Waals surface area contributed by atoms with Crippen molar-refractivity contribution in [3.8, 4) is 11.5 Å². The third-order valence-corrected chi connectivity index (χ3v) is 8.62. The van der Waals surface area contributed by atoms with Crippen LogP contribution in [-0.4, -0.2) is 44.5 Å². The van der Waals surface area contributed by atoms with Gasteiger partial charge < -0.3 is 19.5 Å². The van der Waals surface area contributed by atoms with E-state index in [-0.39, 0.29) is 41.0 Å². The number of ether oxygens (including phenoxy) is 3. The van der Waals surface area contributed by atoms with E-state index in [1.165, 1.54) is 36.8 Å². The summed E-state index contributed by atoms with van der Waals surface area (Å²) in [7, 11) is 2.98. The van der Waals surface area contributed by atoms with Crippen molar-refractivity contribution in [1.82, 2.24) is 0 Å². The monoisotopic (exact) mass is 554 g/mol. The zero-order valence-electron chi connectivity index (χ0n) is 22.7. The molecule has 210 valence electrons. The SMILES string of the molecule is COc1ccc(OC)c(NC(=O)COC(=O)c2ccc(N3C(=O)[C@@H]4[C@@H]5C[C@@H]([C@H]4C3=O)[C@@H](c3ccccc3)C5)cc2)c1. The number of carbonyl (C=O) groups excluding carboxylic acids is 4. The highest BCUT2D eigenvalue weighted by molar-refractivity contribution is 6.22. The van der Waals surface area contributed by atoms with E-state index in [1.54, 1.807) is 30.3 Å². The van der Waals surface area contributed by atoms with Crippen LogP contribution in [0.15, 0.2) is 72.8 Å². The molecule has 1 saturated heterocycles. The molecule has 3 amide bonds. The van der Waals surface area contributed by atoms with Crippen LogP contribution in [0.3, 0.4) is 0 Å². The number of hydrogen-bond donors (Lipinski definition) is 1. The van der Waals surface area contributed by atoms with Crippen molar-refractivity contribution in [2.45, 2.75) is 18.8 Å². The number of benzene rings is 3. The molecule has 3 aliphatic rings. The van der Waals surface area contributed by atoms with E-state index in [1.807, 2.05) is 18.2 Å². The summed E-state index contributed by atoms with van der Waals surface area (Å²) in [5.41, 5.74) is 2.25. The van der Waals surface area contributed by atoms with Gasteiger partial charge in [-0.25, -0.2) is 4.79 Å². The van der Waals surface area contributed by atoms with Crippen molar-refractivity contribution in [3.63, 3.8) is 0 Å². The van der Waals surface area contributed by atoms with Crippen molar-refractivity contribution in [2.75, 3.05) is 31.0 Å². The number of amides is 3. The number of nitrogens with one attached hydrogen (secondary N) is 1. The van der Waals surface area contributed by atoms with Crippen molar-refractivity contribution in [3.05, 3.63) is 83.9 Å². The van der Waals surface area contributed by atoms with Gasteiger partial charge in [0.05, 0.1) is 43.0 Å². The molecule has 1 heterocycles. The fourth-order valence-corrected chi connectivity index (χ4v) is 6.86. The number of imide groups is 1. The molecule has 3 aromatic carbocycles. The van der Waals surface area contributed by atoms with Gasteiger partial charge >= 0.3 is 5.97 Å². The lowest BCUT2D eigenvalue weighted by molar-refractivity contribution is -0.123. The van der Waals surface area contributed by atoms with Gasteiger partial charge in [-0.05, 0) is 72.6 Å². The molecule has 2 bridgehead atoms. The number of nitrogens with zero attached hydrogens (tertiary/aromatic N) is 1. The molecule has 2 aliphatic carbocycles. The van der Waals surface area contributed by atoms with E-state index in [0.29, 0.717) is 28.8 Å². The Bertz CT molecular complexity index is 1500. The number of esters is 1. The molecule has 1 aliphatic heterocycles. The number of rotatable bonds is 8. The molecule has 0 aromatic heterocycles. The van der Waals surface area contributed by atoms with E-state index in [2.05, 4.69) is 17.4 Å². The maximum atomic E-state index is 13.5. The summed E-state index contributed by atoms with van der Waals surface area (Å²) in [5, 5.41) is 2.64. The highest BCUT2D eigenvalue weighted by Crippen LogP contribution is 2.61. The van der Waals surface area contributed by atoms with Crippen LogP contribution < -0.4 is 19.7 Å². The van der Waals surface area contributed by atoms with E-state index in [0.717, 1.165) is 12.8 Å². The second-order valence-corrected chi connectivity index (χ2v) is 10.7. The lowest BCUT2D eigenvalue weighted by atomic mass is 9.73. The van der Waals surface area contributed by atoms with Gasteiger partial charge in [-0.1, -0.05) is 30.3 Å². The van der Waals surface area contributed by atoms with Crippen molar-refractivity contribution in [2.24, 2.45) is 23.7 Å². The van der Waals surface area contributed by atoms with Gasteiger partial charge in [-0.3, -0.25) is 19.3 Å². The first-order valence-electron chi connectivity index (χ1n) is 13.6. The lowest BCUT2D eigenvalue weighted by Gasteiger charge is -2.28. The van der Waals surface area contributed by atoms with Gasteiger partial charge in [-0.15, -0.1) is 0 Å². The highest BCUT2D eigenvalue weighted by atomic mass is 16.5.